The van der Waals surface area contributed by atoms with Gasteiger partial charge in [0.2, 0.25) is 5.91 Å². The average Bonchev–Trinajstić information content (AvgIpc) is 3.07. The third-order valence-electron chi connectivity index (χ3n) is 4.69. The summed E-state index contributed by atoms with van der Waals surface area (Å²) in [7, 11) is 1.58. The number of para-hydroxylation sites is 4. The Hall–Kier alpha value is -3.31. The second-order valence-corrected chi connectivity index (χ2v) is 7.09. The van der Waals surface area contributed by atoms with Gasteiger partial charge in [-0.25, -0.2) is 4.98 Å². The van der Waals surface area contributed by atoms with Crippen LogP contribution >= 0.6 is 11.6 Å². The molecular weight excluding hydrogens is 386 g/mol. The van der Waals surface area contributed by atoms with Crippen molar-refractivity contribution < 1.29 is 9.53 Å². The number of amides is 1. The molecule has 29 heavy (non-hydrogen) atoms. The zero-order chi connectivity index (χ0) is 20.2. The molecule has 0 aliphatic heterocycles. The van der Waals surface area contributed by atoms with Gasteiger partial charge < -0.3 is 14.6 Å². The molecule has 146 valence electrons. The summed E-state index contributed by atoms with van der Waals surface area (Å²) in [5.74, 6) is 1.30. The molecule has 0 saturated carbocycles. The number of halogens is 1. The standard InChI is InChI=1S/C23H20ClN3O2/c1-29-21-9-5-3-7-19(21)26-23(28)15-27-20-8-4-2-6-18(20)25-22(27)14-16-10-12-17(24)13-11-16/h2-13H,14-15H2,1H3,(H,26,28). The van der Waals surface area contributed by atoms with E-state index in [0.717, 1.165) is 22.4 Å². The second-order valence-electron chi connectivity index (χ2n) is 6.65. The molecule has 1 aromatic heterocycles. The number of nitrogens with zero attached hydrogens (tertiary/aromatic N) is 2. The molecule has 0 aliphatic carbocycles. The van der Waals surface area contributed by atoms with Gasteiger partial charge in [0.25, 0.3) is 0 Å². The highest BCUT2D eigenvalue weighted by molar-refractivity contribution is 6.30. The molecule has 5 nitrogen and oxygen atoms in total. The fourth-order valence-corrected chi connectivity index (χ4v) is 3.43. The van der Waals surface area contributed by atoms with E-state index in [9.17, 15) is 4.79 Å². The monoisotopic (exact) mass is 405 g/mol. The Kier molecular flexibility index (Phi) is 5.49. The highest BCUT2D eigenvalue weighted by Gasteiger charge is 2.15. The Morgan fingerprint density at radius 1 is 1.03 bits per heavy atom. The van der Waals surface area contributed by atoms with Crippen LogP contribution < -0.4 is 10.1 Å². The third-order valence-corrected chi connectivity index (χ3v) is 4.94. The summed E-state index contributed by atoms with van der Waals surface area (Å²) in [4.78, 5) is 17.6. The number of fused-ring (bicyclic) bond motifs is 1. The molecule has 1 N–H and O–H groups in total. The predicted molar refractivity (Wildman–Crippen MR) is 116 cm³/mol. The molecule has 0 saturated heterocycles. The topological polar surface area (TPSA) is 56.1 Å². The average molecular weight is 406 g/mol. The minimum Gasteiger partial charge on any atom is -0.495 e. The lowest BCUT2D eigenvalue weighted by atomic mass is 10.1. The van der Waals surface area contributed by atoms with Gasteiger partial charge in [-0.05, 0) is 42.0 Å². The molecule has 3 aromatic carbocycles. The van der Waals surface area contributed by atoms with Crippen LogP contribution in [0.1, 0.15) is 11.4 Å². The summed E-state index contributed by atoms with van der Waals surface area (Å²) in [6.45, 7) is 0.154. The molecule has 0 spiro atoms. The van der Waals surface area contributed by atoms with Crippen LogP contribution in [0.4, 0.5) is 5.69 Å². The second kappa shape index (κ2) is 8.37. The first-order valence-corrected chi connectivity index (χ1v) is 9.63. The number of nitrogens with one attached hydrogen (secondary N) is 1. The zero-order valence-corrected chi connectivity index (χ0v) is 16.7. The molecule has 0 bridgehead atoms. The van der Waals surface area contributed by atoms with Crippen molar-refractivity contribution in [1.82, 2.24) is 9.55 Å². The number of benzene rings is 3. The number of methoxy groups -OCH3 is 1. The van der Waals surface area contributed by atoms with Crippen LogP contribution in [-0.2, 0) is 17.8 Å². The quantitative estimate of drug-likeness (QED) is 0.495. The highest BCUT2D eigenvalue weighted by atomic mass is 35.5. The summed E-state index contributed by atoms with van der Waals surface area (Å²) < 4.78 is 7.27. The Balaban J connectivity index is 1.63. The van der Waals surface area contributed by atoms with Gasteiger partial charge in [-0.2, -0.15) is 0 Å². The van der Waals surface area contributed by atoms with Gasteiger partial charge in [-0.15, -0.1) is 0 Å². The van der Waals surface area contributed by atoms with Gasteiger partial charge in [0.05, 0.1) is 23.8 Å². The van der Waals surface area contributed by atoms with Crippen LogP contribution in [0.5, 0.6) is 5.75 Å². The summed E-state index contributed by atoms with van der Waals surface area (Å²) in [5.41, 5.74) is 3.51. The number of anilines is 1. The van der Waals surface area contributed by atoms with E-state index < -0.39 is 0 Å². The number of carbonyl (C=O) groups excluding carboxylic acids is 1. The lowest BCUT2D eigenvalue weighted by molar-refractivity contribution is -0.116. The number of hydrogen-bond acceptors (Lipinski definition) is 3. The van der Waals surface area contributed by atoms with Crippen molar-refractivity contribution in [3.05, 3.63) is 89.2 Å². The first-order chi connectivity index (χ1) is 14.1. The van der Waals surface area contributed by atoms with Crippen molar-refractivity contribution in [2.24, 2.45) is 0 Å². The first-order valence-electron chi connectivity index (χ1n) is 9.25. The molecule has 6 heteroatoms. The normalized spacial score (nSPS) is 10.8. The van der Waals surface area contributed by atoms with Crippen molar-refractivity contribution in [1.29, 1.82) is 0 Å². The molecule has 1 heterocycles. The van der Waals surface area contributed by atoms with Gasteiger partial charge >= 0.3 is 0 Å². The fraction of sp³-hybridized carbons (Fsp3) is 0.130. The van der Waals surface area contributed by atoms with Gasteiger partial charge in [0.15, 0.2) is 0 Å². The molecule has 4 rings (SSSR count). The minimum absolute atomic E-state index is 0.144. The Bertz CT molecular complexity index is 1150. The van der Waals surface area contributed by atoms with Gasteiger partial charge in [-0.1, -0.05) is 48.0 Å². The van der Waals surface area contributed by atoms with E-state index in [1.807, 2.05) is 77.4 Å². The Morgan fingerprint density at radius 2 is 1.76 bits per heavy atom. The maximum absolute atomic E-state index is 12.8. The van der Waals surface area contributed by atoms with Crippen molar-refractivity contribution in [2.75, 3.05) is 12.4 Å². The summed E-state index contributed by atoms with van der Waals surface area (Å²) in [6, 6.07) is 22.8. The molecule has 0 fully saturated rings. The van der Waals surface area contributed by atoms with Crippen LogP contribution in [-0.4, -0.2) is 22.6 Å². The third kappa shape index (κ3) is 4.25. The van der Waals surface area contributed by atoms with Crippen LogP contribution in [0.3, 0.4) is 0 Å². The molecule has 0 radical (unpaired) electrons. The van der Waals surface area contributed by atoms with Crippen LogP contribution in [0.15, 0.2) is 72.8 Å². The lowest BCUT2D eigenvalue weighted by Crippen LogP contribution is -2.20. The molecule has 0 unspecified atom stereocenters. The van der Waals surface area contributed by atoms with E-state index >= 15 is 0 Å². The van der Waals surface area contributed by atoms with Crippen molar-refractivity contribution in [2.45, 2.75) is 13.0 Å². The lowest BCUT2D eigenvalue weighted by Gasteiger charge is -2.12. The first kappa shape index (κ1) is 19.0. The number of aromatic nitrogens is 2. The number of hydrogen-bond donors (Lipinski definition) is 1. The van der Waals surface area contributed by atoms with Crippen molar-refractivity contribution in [3.63, 3.8) is 0 Å². The predicted octanol–water partition coefficient (Wildman–Crippen LogP) is 4.93. The fourth-order valence-electron chi connectivity index (χ4n) is 3.30. The van der Waals surface area contributed by atoms with Gasteiger partial charge in [0, 0.05) is 11.4 Å². The smallest absolute Gasteiger partial charge is 0.244 e. The van der Waals surface area contributed by atoms with Crippen LogP contribution in [0, 0.1) is 0 Å². The molecule has 0 atom stereocenters. The van der Waals surface area contributed by atoms with E-state index in [2.05, 4.69) is 5.32 Å². The maximum Gasteiger partial charge on any atom is 0.244 e. The molecular formula is C23H20ClN3O2. The minimum atomic E-state index is -0.144. The van der Waals surface area contributed by atoms with Crippen molar-refractivity contribution in [3.8, 4) is 5.75 Å². The number of rotatable bonds is 6. The molecule has 1 amide bonds. The summed E-state index contributed by atoms with van der Waals surface area (Å²) in [5, 5.41) is 3.63. The molecule has 0 aliphatic rings. The van der Waals surface area contributed by atoms with E-state index in [1.54, 1.807) is 7.11 Å². The number of imidazole rings is 1. The van der Waals surface area contributed by atoms with E-state index in [-0.39, 0.29) is 12.5 Å². The summed E-state index contributed by atoms with van der Waals surface area (Å²) in [6.07, 6.45) is 0.605. The highest BCUT2D eigenvalue weighted by Crippen LogP contribution is 2.24. The van der Waals surface area contributed by atoms with Gasteiger partial charge in [-0.3, -0.25) is 4.79 Å². The van der Waals surface area contributed by atoms with Crippen molar-refractivity contribution >= 4 is 34.2 Å². The zero-order valence-electron chi connectivity index (χ0n) is 15.9. The molecule has 4 aromatic rings. The summed E-state index contributed by atoms with van der Waals surface area (Å²) >= 11 is 6.00. The van der Waals surface area contributed by atoms with E-state index in [0.29, 0.717) is 22.9 Å². The Morgan fingerprint density at radius 3 is 2.55 bits per heavy atom. The SMILES string of the molecule is COc1ccccc1NC(=O)Cn1c(Cc2ccc(Cl)cc2)nc2ccccc21. The van der Waals surface area contributed by atoms with Crippen LogP contribution in [0.2, 0.25) is 5.02 Å². The maximum atomic E-state index is 12.8. The Labute approximate surface area is 173 Å². The van der Waals surface area contributed by atoms with Gasteiger partial charge in [0.1, 0.15) is 18.1 Å². The number of carbonyl (C=O) groups is 1. The van der Waals surface area contributed by atoms with E-state index in [4.69, 9.17) is 21.3 Å². The van der Waals surface area contributed by atoms with Crippen LogP contribution in [0.25, 0.3) is 11.0 Å². The largest absolute Gasteiger partial charge is 0.495 e. The van der Waals surface area contributed by atoms with E-state index in [1.165, 1.54) is 0 Å². The number of ether oxygens (including phenoxy) is 1.